The molecule has 1 aromatic rings. The Morgan fingerprint density at radius 1 is 1.45 bits per heavy atom. The zero-order valence-corrected chi connectivity index (χ0v) is 6.78. The minimum Gasteiger partial charge on any atom is -0.377 e. The van der Waals surface area contributed by atoms with E-state index in [4.69, 9.17) is 9.47 Å². The molecule has 0 amide bonds. The van der Waals surface area contributed by atoms with Gasteiger partial charge in [0.15, 0.2) is 0 Å². The summed E-state index contributed by atoms with van der Waals surface area (Å²) in [4.78, 5) is 4.08. The highest BCUT2D eigenvalue weighted by Gasteiger charge is 1.99. The number of ether oxygens (including phenoxy) is 2. The van der Waals surface area contributed by atoms with Gasteiger partial charge in [-0.2, -0.15) is 0 Å². The first-order valence-electron chi connectivity index (χ1n) is 3.36. The Labute approximate surface area is 65.8 Å². The largest absolute Gasteiger partial charge is 0.377 e. The maximum Gasteiger partial charge on any atom is 0.136 e. The van der Waals surface area contributed by atoms with E-state index < -0.39 is 0 Å². The van der Waals surface area contributed by atoms with Crippen molar-refractivity contribution in [1.29, 1.82) is 0 Å². The van der Waals surface area contributed by atoms with Crippen molar-refractivity contribution in [1.82, 2.24) is 9.55 Å². The first kappa shape index (κ1) is 8.23. The maximum atomic E-state index is 4.94. The lowest BCUT2D eigenvalue weighted by atomic mass is 10.6. The van der Waals surface area contributed by atoms with Crippen molar-refractivity contribution in [3.05, 3.63) is 18.2 Å². The molecule has 0 fully saturated rings. The smallest absolute Gasteiger partial charge is 0.136 e. The molecule has 0 atom stereocenters. The molecule has 0 N–H and O–H groups in total. The van der Waals surface area contributed by atoms with Gasteiger partial charge in [-0.25, -0.2) is 4.98 Å². The second-order valence-electron chi connectivity index (χ2n) is 2.16. The molecule has 0 spiro atoms. The standard InChI is InChI=1S/C7H12N2O2/c1-10-5-7-8-3-4-9(7)6-11-2/h3-4H,5-6H2,1-2H3. The highest BCUT2D eigenvalue weighted by molar-refractivity contribution is 4.89. The molecule has 0 saturated heterocycles. The molecule has 0 bridgehead atoms. The molecule has 4 nitrogen and oxygen atoms in total. The molecular weight excluding hydrogens is 144 g/mol. The summed E-state index contributed by atoms with van der Waals surface area (Å²) < 4.78 is 11.8. The van der Waals surface area contributed by atoms with Crippen LogP contribution in [0.25, 0.3) is 0 Å². The van der Waals surface area contributed by atoms with Crippen LogP contribution in [0, 0.1) is 0 Å². The molecule has 1 heterocycles. The van der Waals surface area contributed by atoms with Gasteiger partial charge in [0.2, 0.25) is 0 Å². The second kappa shape index (κ2) is 4.10. The lowest BCUT2D eigenvalue weighted by Gasteiger charge is -2.04. The Morgan fingerprint density at radius 3 is 2.91 bits per heavy atom. The summed E-state index contributed by atoms with van der Waals surface area (Å²) in [5.74, 6) is 0.884. The van der Waals surface area contributed by atoms with Crippen LogP contribution < -0.4 is 0 Å². The monoisotopic (exact) mass is 156 g/mol. The van der Waals surface area contributed by atoms with Crippen LogP contribution in [0.4, 0.5) is 0 Å². The predicted molar refractivity (Wildman–Crippen MR) is 39.9 cm³/mol. The molecule has 0 unspecified atom stereocenters. The van der Waals surface area contributed by atoms with E-state index >= 15 is 0 Å². The molecule has 0 saturated carbocycles. The van der Waals surface area contributed by atoms with Crippen molar-refractivity contribution in [3.8, 4) is 0 Å². The van der Waals surface area contributed by atoms with Crippen molar-refractivity contribution in [3.63, 3.8) is 0 Å². The summed E-state index contributed by atoms with van der Waals surface area (Å²) in [5.41, 5.74) is 0. The predicted octanol–water partition coefficient (Wildman–Crippen LogP) is 0.633. The van der Waals surface area contributed by atoms with Crippen LogP contribution in [-0.2, 0) is 22.8 Å². The third-order valence-corrected chi connectivity index (χ3v) is 1.34. The Balaban J connectivity index is 2.62. The lowest BCUT2D eigenvalue weighted by molar-refractivity contribution is 0.115. The van der Waals surface area contributed by atoms with Crippen molar-refractivity contribution >= 4 is 0 Å². The number of rotatable bonds is 4. The Morgan fingerprint density at radius 2 is 2.27 bits per heavy atom. The van der Waals surface area contributed by atoms with E-state index in [9.17, 15) is 0 Å². The lowest BCUT2D eigenvalue weighted by Crippen LogP contribution is -2.05. The Hall–Kier alpha value is -0.870. The van der Waals surface area contributed by atoms with Crippen LogP contribution in [0.5, 0.6) is 0 Å². The van der Waals surface area contributed by atoms with Gasteiger partial charge >= 0.3 is 0 Å². The summed E-state index contributed by atoms with van der Waals surface area (Å²) >= 11 is 0. The van der Waals surface area contributed by atoms with Crippen molar-refractivity contribution < 1.29 is 9.47 Å². The number of imidazole rings is 1. The quantitative estimate of drug-likeness (QED) is 0.641. The zero-order chi connectivity index (χ0) is 8.10. The average molecular weight is 156 g/mol. The normalized spacial score (nSPS) is 10.4. The minimum absolute atomic E-state index is 0.524. The highest BCUT2D eigenvalue weighted by Crippen LogP contribution is 1.98. The first-order chi connectivity index (χ1) is 5.38. The third kappa shape index (κ3) is 2.03. The van der Waals surface area contributed by atoms with Crippen LogP contribution in [-0.4, -0.2) is 23.8 Å². The summed E-state index contributed by atoms with van der Waals surface area (Å²) in [6, 6.07) is 0. The van der Waals surface area contributed by atoms with E-state index in [0.29, 0.717) is 13.3 Å². The molecule has 62 valence electrons. The molecule has 11 heavy (non-hydrogen) atoms. The Kier molecular flexibility index (Phi) is 3.07. The van der Waals surface area contributed by atoms with Crippen LogP contribution in [0.1, 0.15) is 5.82 Å². The number of hydrogen-bond acceptors (Lipinski definition) is 3. The van der Waals surface area contributed by atoms with Gasteiger partial charge in [0, 0.05) is 26.6 Å². The van der Waals surface area contributed by atoms with Crippen LogP contribution in [0.2, 0.25) is 0 Å². The van der Waals surface area contributed by atoms with E-state index in [0.717, 1.165) is 5.82 Å². The topological polar surface area (TPSA) is 36.3 Å². The van der Waals surface area contributed by atoms with Crippen molar-refractivity contribution in [2.75, 3.05) is 14.2 Å². The van der Waals surface area contributed by atoms with Crippen molar-refractivity contribution in [2.45, 2.75) is 13.3 Å². The fraction of sp³-hybridized carbons (Fsp3) is 0.571. The van der Waals surface area contributed by atoms with Crippen molar-refractivity contribution in [2.24, 2.45) is 0 Å². The van der Waals surface area contributed by atoms with Gasteiger partial charge in [0.25, 0.3) is 0 Å². The molecule has 1 aromatic heterocycles. The van der Waals surface area contributed by atoms with Gasteiger partial charge in [0.1, 0.15) is 19.2 Å². The summed E-state index contributed by atoms with van der Waals surface area (Å²) in [6.07, 6.45) is 3.59. The van der Waals surface area contributed by atoms with E-state index in [1.54, 1.807) is 20.4 Å². The van der Waals surface area contributed by atoms with Crippen LogP contribution in [0.3, 0.4) is 0 Å². The molecule has 0 aromatic carbocycles. The van der Waals surface area contributed by atoms with Gasteiger partial charge < -0.3 is 14.0 Å². The number of methoxy groups -OCH3 is 2. The van der Waals surface area contributed by atoms with Gasteiger partial charge in [-0.1, -0.05) is 0 Å². The molecule has 4 heteroatoms. The number of hydrogen-bond donors (Lipinski definition) is 0. The maximum absolute atomic E-state index is 4.94. The molecule has 1 rings (SSSR count). The molecular formula is C7H12N2O2. The van der Waals surface area contributed by atoms with E-state index in [2.05, 4.69) is 4.98 Å². The average Bonchev–Trinajstić information content (AvgIpc) is 2.39. The van der Waals surface area contributed by atoms with E-state index in [-0.39, 0.29) is 0 Å². The summed E-state index contributed by atoms with van der Waals surface area (Å²) in [7, 11) is 3.29. The fourth-order valence-electron chi connectivity index (χ4n) is 0.866. The SMILES string of the molecule is COCc1nccn1COC. The summed E-state index contributed by atoms with van der Waals surface area (Å²) in [6.45, 7) is 1.05. The minimum atomic E-state index is 0.524. The molecule has 0 radical (unpaired) electrons. The van der Waals surface area contributed by atoms with Gasteiger partial charge in [-0.05, 0) is 0 Å². The van der Waals surface area contributed by atoms with E-state index in [1.807, 2.05) is 10.8 Å². The first-order valence-corrected chi connectivity index (χ1v) is 3.36. The fourth-order valence-corrected chi connectivity index (χ4v) is 0.866. The van der Waals surface area contributed by atoms with Gasteiger partial charge in [-0.3, -0.25) is 0 Å². The second-order valence-corrected chi connectivity index (χ2v) is 2.16. The summed E-state index contributed by atoms with van der Waals surface area (Å²) in [5, 5.41) is 0. The van der Waals surface area contributed by atoms with E-state index in [1.165, 1.54) is 0 Å². The number of aromatic nitrogens is 2. The van der Waals surface area contributed by atoms with Gasteiger partial charge in [0.05, 0.1) is 0 Å². The molecule has 0 aliphatic carbocycles. The van der Waals surface area contributed by atoms with Crippen LogP contribution in [0.15, 0.2) is 12.4 Å². The van der Waals surface area contributed by atoms with Crippen LogP contribution >= 0.6 is 0 Å². The Bertz CT molecular complexity index is 189. The molecule has 0 aliphatic rings. The molecule has 0 aliphatic heterocycles. The highest BCUT2D eigenvalue weighted by atomic mass is 16.5. The number of nitrogens with zero attached hydrogens (tertiary/aromatic N) is 2. The third-order valence-electron chi connectivity index (χ3n) is 1.34. The zero-order valence-electron chi connectivity index (χ0n) is 6.78. The van der Waals surface area contributed by atoms with Gasteiger partial charge in [-0.15, -0.1) is 0 Å².